The van der Waals surface area contributed by atoms with E-state index in [0.29, 0.717) is 31.0 Å². The summed E-state index contributed by atoms with van der Waals surface area (Å²) in [6, 6.07) is 0.0963. The van der Waals surface area contributed by atoms with Crippen molar-refractivity contribution in [2.75, 3.05) is 11.4 Å². The smallest absolute Gasteiger partial charge is 0.309 e. The number of aliphatic carboxylic acids is 1. The minimum Gasteiger partial charge on any atom is -0.481 e. The summed E-state index contributed by atoms with van der Waals surface area (Å²) in [5.41, 5.74) is -0.00551. The first-order valence-corrected chi connectivity index (χ1v) is 8.47. The highest BCUT2D eigenvalue weighted by Gasteiger charge is 2.43. The normalized spacial score (nSPS) is 25.3. The molecule has 0 radical (unpaired) electrons. The molecule has 0 amide bonds. The molecule has 3 heterocycles. The molecule has 2 aromatic heterocycles. The van der Waals surface area contributed by atoms with E-state index in [-0.39, 0.29) is 6.04 Å². The molecule has 0 unspecified atom stereocenters. The molecule has 1 aliphatic rings. The fraction of sp³-hybridized carbons (Fsp3) is 0.600. The van der Waals surface area contributed by atoms with Gasteiger partial charge in [0.1, 0.15) is 10.9 Å². The van der Waals surface area contributed by atoms with E-state index in [1.54, 1.807) is 10.7 Å². The maximum absolute atomic E-state index is 11.6. The third-order valence-corrected chi connectivity index (χ3v) is 5.31. The molecule has 1 fully saturated rings. The summed E-state index contributed by atoms with van der Waals surface area (Å²) in [5.74, 6) is 0.346. The fourth-order valence-corrected chi connectivity index (χ4v) is 3.60. The number of carboxylic acids is 1. The highest BCUT2D eigenvalue weighted by molar-refractivity contribution is 9.10. The van der Waals surface area contributed by atoms with Crippen molar-refractivity contribution in [3.05, 3.63) is 17.1 Å². The van der Waals surface area contributed by atoms with Gasteiger partial charge in [-0.05, 0) is 41.6 Å². The largest absolute Gasteiger partial charge is 0.481 e. The van der Waals surface area contributed by atoms with Crippen LogP contribution in [0.15, 0.2) is 17.1 Å². The second-order valence-corrected chi connectivity index (χ2v) is 7.54. The first-order valence-electron chi connectivity index (χ1n) is 7.68. The van der Waals surface area contributed by atoms with E-state index in [1.807, 2.05) is 6.92 Å². The summed E-state index contributed by atoms with van der Waals surface area (Å²) in [7, 11) is 0. The van der Waals surface area contributed by atoms with Gasteiger partial charge in [-0.1, -0.05) is 13.8 Å². The van der Waals surface area contributed by atoms with Gasteiger partial charge >= 0.3 is 5.97 Å². The molecule has 1 saturated heterocycles. The number of nitrogens with zero attached hydrogens (tertiary/aromatic N) is 5. The van der Waals surface area contributed by atoms with Crippen LogP contribution >= 0.6 is 15.9 Å². The molecule has 0 aromatic carbocycles. The number of rotatable bonds is 3. The Labute approximate surface area is 142 Å². The summed E-state index contributed by atoms with van der Waals surface area (Å²) in [5, 5.41) is 13.8. The second kappa shape index (κ2) is 5.74. The van der Waals surface area contributed by atoms with Crippen LogP contribution in [0.1, 0.15) is 33.6 Å². The molecule has 7 nitrogen and oxygen atoms in total. The van der Waals surface area contributed by atoms with Crippen LogP contribution in [0.25, 0.3) is 5.65 Å². The first-order chi connectivity index (χ1) is 10.8. The first kappa shape index (κ1) is 16.2. The zero-order valence-electron chi connectivity index (χ0n) is 13.4. The maximum Gasteiger partial charge on any atom is 0.309 e. The van der Waals surface area contributed by atoms with E-state index in [9.17, 15) is 9.90 Å². The van der Waals surface area contributed by atoms with Gasteiger partial charge < -0.3 is 10.0 Å². The molecule has 1 N–H and O–H groups in total. The van der Waals surface area contributed by atoms with Crippen molar-refractivity contribution in [2.45, 2.75) is 39.7 Å². The van der Waals surface area contributed by atoms with Crippen LogP contribution < -0.4 is 4.90 Å². The lowest BCUT2D eigenvalue weighted by Gasteiger charge is -2.45. The molecule has 8 heteroatoms. The standard InChI is InChI=1S/C15H20BrN5O2/c1-9(2)10-6-15(3,14(22)23)4-5-20(10)12-13-17-7-11(16)21(13)19-8-18-12/h7-10H,4-6H2,1-3H3,(H,22,23)/t10-,15+/m0/s1. The number of fused-ring (bicyclic) bond motifs is 1. The monoisotopic (exact) mass is 381 g/mol. The maximum atomic E-state index is 11.6. The number of hydrogen-bond acceptors (Lipinski definition) is 5. The Morgan fingerprint density at radius 2 is 2.22 bits per heavy atom. The topological polar surface area (TPSA) is 83.6 Å². The van der Waals surface area contributed by atoms with Gasteiger partial charge in [-0.3, -0.25) is 4.79 Å². The van der Waals surface area contributed by atoms with Crippen LogP contribution in [0.3, 0.4) is 0 Å². The number of imidazole rings is 1. The van der Waals surface area contributed by atoms with Gasteiger partial charge in [-0.15, -0.1) is 0 Å². The molecule has 0 saturated carbocycles. The van der Waals surface area contributed by atoms with E-state index in [2.05, 4.69) is 49.7 Å². The van der Waals surface area contributed by atoms with Crippen molar-refractivity contribution < 1.29 is 9.90 Å². The average molecular weight is 382 g/mol. The zero-order valence-corrected chi connectivity index (χ0v) is 15.0. The van der Waals surface area contributed by atoms with E-state index in [1.165, 1.54) is 6.33 Å². The Balaban J connectivity index is 2.02. The number of hydrogen-bond donors (Lipinski definition) is 1. The molecule has 1 aliphatic heterocycles. The van der Waals surface area contributed by atoms with Gasteiger partial charge in [0.05, 0.1) is 11.6 Å². The lowest BCUT2D eigenvalue weighted by atomic mass is 9.74. The number of piperidine rings is 1. The zero-order chi connectivity index (χ0) is 16.8. The van der Waals surface area contributed by atoms with Gasteiger partial charge in [0.15, 0.2) is 11.5 Å². The van der Waals surface area contributed by atoms with E-state index in [0.717, 1.165) is 10.4 Å². The van der Waals surface area contributed by atoms with Crippen LogP contribution in [0.5, 0.6) is 0 Å². The summed E-state index contributed by atoms with van der Waals surface area (Å²) in [6.07, 6.45) is 4.39. The number of carbonyl (C=O) groups is 1. The van der Waals surface area contributed by atoms with Crippen LogP contribution in [0, 0.1) is 11.3 Å². The minimum absolute atomic E-state index is 0.0963. The van der Waals surface area contributed by atoms with Crippen molar-refractivity contribution in [2.24, 2.45) is 11.3 Å². The SMILES string of the molecule is CC(C)[C@@H]1C[C@](C)(C(=O)O)CCN1c1ncnn2c(Br)cnc12. The number of halogens is 1. The van der Waals surface area contributed by atoms with Crippen LogP contribution in [0.2, 0.25) is 0 Å². The molecule has 0 aliphatic carbocycles. The Hall–Kier alpha value is -1.70. The molecular formula is C15H20BrN5O2. The predicted octanol–water partition coefficient (Wildman–Crippen LogP) is 2.60. The Kier molecular flexibility index (Phi) is 4.03. The third-order valence-electron chi connectivity index (χ3n) is 4.77. The number of aromatic nitrogens is 4. The molecule has 3 rings (SSSR count). The van der Waals surface area contributed by atoms with Gasteiger partial charge in [0, 0.05) is 12.6 Å². The highest BCUT2D eigenvalue weighted by atomic mass is 79.9. The number of carboxylic acid groups (broad SMARTS) is 1. The minimum atomic E-state index is -0.723. The van der Waals surface area contributed by atoms with Crippen molar-refractivity contribution in [3.63, 3.8) is 0 Å². The van der Waals surface area contributed by atoms with Gasteiger partial charge in [-0.2, -0.15) is 5.10 Å². The molecule has 124 valence electrons. The molecule has 2 atom stereocenters. The fourth-order valence-electron chi connectivity index (χ4n) is 3.24. The van der Waals surface area contributed by atoms with E-state index < -0.39 is 11.4 Å². The van der Waals surface area contributed by atoms with Crippen molar-refractivity contribution in [3.8, 4) is 0 Å². The lowest BCUT2D eigenvalue weighted by molar-refractivity contribution is -0.149. The molecule has 23 heavy (non-hydrogen) atoms. The van der Waals surface area contributed by atoms with Gasteiger partial charge in [0.2, 0.25) is 0 Å². The predicted molar refractivity (Wildman–Crippen MR) is 89.4 cm³/mol. The van der Waals surface area contributed by atoms with Crippen LogP contribution in [0.4, 0.5) is 5.82 Å². The summed E-state index contributed by atoms with van der Waals surface area (Å²) in [4.78, 5) is 22.6. The molecular weight excluding hydrogens is 362 g/mol. The summed E-state index contributed by atoms with van der Waals surface area (Å²) >= 11 is 3.42. The lowest BCUT2D eigenvalue weighted by Crippen LogP contribution is -2.51. The van der Waals surface area contributed by atoms with Crippen molar-refractivity contribution in [1.29, 1.82) is 0 Å². The van der Waals surface area contributed by atoms with Crippen LogP contribution in [-0.4, -0.2) is 43.2 Å². The second-order valence-electron chi connectivity index (χ2n) is 6.72. The summed E-state index contributed by atoms with van der Waals surface area (Å²) < 4.78 is 2.47. The Bertz CT molecular complexity index is 747. The number of anilines is 1. The van der Waals surface area contributed by atoms with Crippen molar-refractivity contribution >= 4 is 33.4 Å². The summed E-state index contributed by atoms with van der Waals surface area (Å²) in [6.45, 7) is 6.71. The third kappa shape index (κ3) is 2.69. The van der Waals surface area contributed by atoms with Crippen molar-refractivity contribution in [1.82, 2.24) is 19.6 Å². The molecule has 2 aromatic rings. The Morgan fingerprint density at radius 3 is 2.87 bits per heavy atom. The van der Waals surface area contributed by atoms with Gasteiger partial charge in [-0.25, -0.2) is 14.5 Å². The van der Waals surface area contributed by atoms with Gasteiger partial charge in [0.25, 0.3) is 0 Å². The van der Waals surface area contributed by atoms with E-state index >= 15 is 0 Å². The molecule has 0 spiro atoms. The molecule has 0 bridgehead atoms. The highest BCUT2D eigenvalue weighted by Crippen LogP contribution is 2.39. The quantitative estimate of drug-likeness (QED) is 0.879. The van der Waals surface area contributed by atoms with Crippen LogP contribution in [-0.2, 0) is 4.79 Å². The average Bonchev–Trinajstić information content (AvgIpc) is 2.89. The Morgan fingerprint density at radius 1 is 1.48 bits per heavy atom. The van der Waals surface area contributed by atoms with E-state index in [4.69, 9.17) is 0 Å².